The first-order chi connectivity index (χ1) is 13.1. The molecular weight excluding hydrogens is 338 g/mol. The average Bonchev–Trinajstić information content (AvgIpc) is 2.68. The summed E-state index contributed by atoms with van der Waals surface area (Å²) in [5, 5.41) is 2.87. The number of allylic oxidation sites excluding steroid dienone is 1. The van der Waals surface area contributed by atoms with Gasteiger partial charge in [-0.1, -0.05) is 48.0 Å². The van der Waals surface area contributed by atoms with E-state index in [4.69, 9.17) is 9.47 Å². The average molecular weight is 365 g/mol. The van der Waals surface area contributed by atoms with Gasteiger partial charge in [0.2, 0.25) is 5.91 Å². The lowest BCUT2D eigenvalue weighted by Crippen LogP contribution is -2.27. The normalized spacial score (nSPS) is 11.8. The molecule has 142 valence electrons. The second-order valence-corrected chi connectivity index (χ2v) is 6.38. The monoisotopic (exact) mass is 365 g/mol. The first-order valence-electron chi connectivity index (χ1n) is 8.98. The van der Waals surface area contributed by atoms with Gasteiger partial charge in [0, 0.05) is 19.7 Å². The SMILES string of the molecule is COC(CNC(=O)/C=C\c1ccccc1)c1ccc(OCC=C(C)C)cc1. The summed E-state index contributed by atoms with van der Waals surface area (Å²) >= 11 is 0. The van der Waals surface area contributed by atoms with Gasteiger partial charge >= 0.3 is 0 Å². The van der Waals surface area contributed by atoms with Gasteiger partial charge in [0.15, 0.2) is 0 Å². The molecule has 0 heterocycles. The van der Waals surface area contributed by atoms with Crippen LogP contribution in [0, 0.1) is 0 Å². The third-order valence-corrected chi connectivity index (χ3v) is 3.97. The lowest BCUT2D eigenvalue weighted by molar-refractivity contribution is -0.117. The van der Waals surface area contributed by atoms with Crippen LogP contribution in [-0.2, 0) is 9.53 Å². The van der Waals surface area contributed by atoms with Gasteiger partial charge in [-0.25, -0.2) is 0 Å². The Bertz CT molecular complexity index is 760. The van der Waals surface area contributed by atoms with E-state index in [0.29, 0.717) is 13.2 Å². The molecule has 1 atom stereocenters. The van der Waals surface area contributed by atoms with Crippen LogP contribution in [0.5, 0.6) is 5.75 Å². The van der Waals surface area contributed by atoms with Crippen molar-refractivity contribution in [3.05, 3.63) is 83.4 Å². The van der Waals surface area contributed by atoms with Crippen LogP contribution in [0.3, 0.4) is 0 Å². The number of carbonyl (C=O) groups excluding carboxylic acids is 1. The summed E-state index contributed by atoms with van der Waals surface area (Å²) in [5.74, 6) is 0.656. The number of methoxy groups -OCH3 is 1. The molecule has 0 spiro atoms. The highest BCUT2D eigenvalue weighted by Crippen LogP contribution is 2.20. The summed E-state index contributed by atoms with van der Waals surface area (Å²) in [6.45, 7) is 5.03. The van der Waals surface area contributed by atoms with E-state index in [1.165, 1.54) is 11.6 Å². The van der Waals surface area contributed by atoms with E-state index >= 15 is 0 Å². The number of ether oxygens (including phenoxy) is 2. The highest BCUT2D eigenvalue weighted by Gasteiger charge is 2.11. The van der Waals surface area contributed by atoms with Crippen molar-refractivity contribution in [3.8, 4) is 5.75 Å². The fourth-order valence-corrected chi connectivity index (χ4v) is 2.41. The maximum absolute atomic E-state index is 12.0. The lowest BCUT2D eigenvalue weighted by Gasteiger charge is -2.16. The fourth-order valence-electron chi connectivity index (χ4n) is 2.41. The zero-order chi connectivity index (χ0) is 19.5. The Hall–Kier alpha value is -2.85. The third kappa shape index (κ3) is 7.50. The van der Waals surface area contributed by atoms with Gasteiger partial charge < -0.3 is 14.8 Å². The summed E-state index contributed by atoms with van der Waals surface area (Å²) in [6.07, 6.45) is 5.13. The molecule has 2 aromatic rings. The zero-order valence-electron chi connectivity index (χ0n) is 16.1. The van der Waals surface area contributed by atoms with E-state index in [2.05, 4.69) is 5.32 Å². The number of rotatable bonds is 9. The highest BCUT2D eigenvalue weighted by atomic mass is 16.5. The van der Waals surface area contributed by atoms with Gasteiger partial charge in [-0.15, -0.1) is 0 Å². The van der Waals surface area contributed by atoms with E-state index in [-0.39, 0.29) is 12.0 Å². The number of nitrogens with one attached hydrogen (secondary N) is 1. The molecule has 0 aliphatic carbocycles. The maximum atomic E-state index is 12.0. The first kappa shape index (κ1) is 20.5. The second kappa shape index (κ2) is 11.0. The van der Waals surface area contributed by atoms with E-state index in [9.17, 15) is 4.79 Å². The van der Waals surface area contributed by atoms with Crippen molar-refractivity contribution < 1.29 is 14.3 Å². The molecule has 0 saturated carbocycles. The number of hydrogen-bond acceptors (Lipinski definition) is 3. The van der Waals surface area contributed by atoms with Crippen LogP contribution in [-0.4, -0.2) is 26.2 Å². The largest absolute Gasteiger partial charge is 0.490 e. The molecule has 1 N–H and O–H groups in total. The lowest BCUT2D eigenvalue weighted by atomic mass is 10.1. The maximum Gasteiger partial charge on any atom is 0.244 e. The summed E-state index contributed by atoms with van der Waals surface area (Å²) in [6, 6.07) is 17.5. The molecule has 1 unspecified atom stereocenters. The van der Waals surface area contributed by atoms with E-state index < -0.39 is 0 Å². The fraction of sp³-hybridized carbons (Fsp3) is 0.261. The van der Waals surface area contributed by atoms with Gasteiger partial charge in [-0.3, -0.25) is 4.79 Å². The molecule has 0 aliphatic rings. The summed E-state index contributed by atoms with van der Waals surface area (Å²) in [4.78, 5) is 12.0. The Morgan fingerprint density at radius 2 is 1.78 bits per heavy atom. The molecule has 2 aromatic carbocycles. The minimum atomic E-state index is -0.217. The molecule has 0 saturated heterocycles. The molecule has 27 heavy (non-hydrogen) atoms. The van der Waals surface area contributed by atoms with Gasteiger partial charge in [-0.05, 0) is 49.3 Å². The molecule has 2 rings (SSSR count). The molecule has 0 aromatic heterocycles. The molecule has 4 heteroatoms. The number of hydrogen-bond donors (Lipinski definition) is 1. The zero-order valence-corrected chi connectivity index (χ0v) is 16.1. The van der Waals surface area contributed by atoms with Crippen molar-refractivity contribution >= 4 is 12.0 Å². The van der Waals surface area contributed by atoms with Crippen molar-refractivity contribution in [1.29, 1.82) is 0 Å². The van der Waals surface area contributed by atoms with E-state index in [0.717, 1.165) is 16.9 Å². The quantitative estimate of drug-likeness (QED) is 0.524. The smallest absolute Gasteiger partial charge is 0.244 e. The van der Waals surface area contributed by atoms with Crippen molar-refractivity contribution in [2.75, 3.05) is 20.3 Å². The van der Waals surface area contributed by atoms with Gasteiger partial charge in [0.05, 0.1) is 6.10 Å². The first-order valence-corrected chi connectivity index (χ1v) is 8.98. The summed E-state index contributed by atoms with van der Waals surface area (Å²) in [7, 11) is 1.63. The Labute approximate surface area is 161 Å². The van der Waals surface area contributed by atoms with Crippen LogP contribution in [0.25, 0.3) is 6.08 Å². The second-order valence-electron chi connectivity index (χ2n) is 6.38. The minimum Gasteiger partial charge on any atom is -0.490 e. The number of carbonyl (C=O) groups is 1. The standard InChI is InChI=1S/C23H27NO3/c1-18(2)15-16-27-21-12-10-20(11-13-21)22(26-3)17-24-23(25)14-9-19-7-5-4-6-8-19/h4-15,22H,16-17H2,1-3H3,(H,24,25)/b14-9-. The van der Waals surface area contributed by atoms with Gasteiger partial charge in [-0.2, -0.15) is 0 Å². The highest BCUT2D eigenvalue weighted by molar-refractivity contribution is 5.91. The van der Waals surface area contributed by atoms with Crippen molar-refractivity contribution in [3.63, 3.8) is 0 Å². The molecule has 1 amide bonds. The predicted molar refractivity (Wildman–Crippen MR) is 110 cm³/mol. The molecule has 0 fully saturated rings. The molecule has 0 aliphatic heterocycles. The predicted octanol–water partition coefficient (Wildman–Crippen LogP) is 4.55. The Morgan fingerprint density at radius 1 is 1.07 bits per heavy atom. The van der Waals surface area contributed by atoms with E-state index in [1.54, 1.807) is 13.2 Å². The van der Waals surface area contributed by atoms with Crippen molar-refractivity contribution in [2.45, 2.75) is 20.0 Å². The van der Waals surface area contributed by atoms with E-state index in [1.807, 2.05) is 74.5 Å². The Balaban J connectivity index is 1.86. The van der Waals surface area contributed by atoms with Gasteiger partial charge in [0.25, 0.3) is 0 Å². The third-order valence-electron chi connectivity index (χ3n) is 3.97. The van der Waals surface area contributed by atoms with Crippen molar-refractivity contribution in [2.24, 2.45) is 0 Å². The summed E-state index contributed by atoms with van der Waals surface area (Å²) < 4.78 is 11.2. The van der Waals surface area contributed by atoms with Crippen LogP contribution >= 0.6 is 0 Å². The molecule has 0 bridgehead atoms. The van der Waals surface area contributed by atoms with Crippen LogP contribution in [0.15, 0.2) is 72.3 Å². The Morgan fingerprint density at radius 3 is 2.41 bits per heavy atom. The topological polar surface area (TPSA) is 47.6 Å². The molecular formula is C23H27NO3. The number of benzene rings is 2. The number of amides is 1. The van der Waals surface area contributed by atoms with Crippen LogP contribution in [0.2, 0.25) is 0 Å². The van der Waals surface area contributed by atoms with Crippen molar-refractivity contribution in [1.82, 2.24) is 5.32 Å². The Kier molecular flexibility index (Phi) is 8.33. The minimum absolute atomic E-state index is 0.150. The van der Waals surface area contributed by atoms with Crippen LogP contribution in [0.1, 0.15) is 31.1 Å². The van der Waals surface area contributed by atoms with Crippen LogP contribution in [0.4, 0.5) is 0 Å². The summed E-state index contributed by atoms with van der Waals surface area (Å²) in [5.41, 5.74) is 3.20. The van der Waals surface area contributed by atoms with Crippen LogP contribution < -0.4 is 10.1 Å². The molecule has 4 nitrogen and oxygen atoms in total. The van der Waals surface area contributed by atoms with Gasteiger partial charge in [0.1, 0.15) is 12.4 Å². The molecule has 0 radical (unpaired) electrons.